The van der Waals surface area contributed by atoms with E-state index in [1.165, 1.54) is 6.92 Å². The summed E-state index contributed by atoms with van der Waals surface area (Å²) in [5.41, 5.74) is 2.59. The van der Waals surface area contributed by atoms with Crippen molar-refractivity contribution in [3.05, 3.63) is 34.5 Å². The molecule has 1 aromatic carbocycles. The number of fused-ring (bicyclic) bond motifs is 1. The molecule has 0 amide bonds. The maximum Gasteiger partial charge on any atom is 0.433 e. The van der Waals surface area contributed by atoms with Crippen molar-refractivity contribution in [1.29, 1.82) is 0 Å². The van der Waals surface area contributed by atoms with Gasteiger partial charge < -0.3 is 5.73 Å². The minimum Gasteiger partial charge on any atom is -0.398 e. The lowest BCUT2D eigenvalue weighted by Gasteiger charge is -2.15. The average molecular weight is 276 g/mol. The first-order chi connectivity index (χ1) is 8.64. The third-order valence-electron chi connectivity index (χ3n) is 2.89. The number of nitrogens with zero attached hydrogens (tertiary/aromatic N) is 1. The van der Waals surface area contributed by atoms with E-state index < -0.39 is 45.7 Å². The molecule has 0 saturated heterocycles. The van der Waals surface area contributed by atoms with E-state index in [-0.39, 0.29) is 5.56 Å². The molecule has 0 fully saturated rings. The predicted octanol–water partition coefficient (Wildman–Crippen LogP) is 3.73. The maximum absolute atomic E-state index is 13.9. The molecule has 7 heteroatoms. The Balaban J connectivity index is 3.01. The zero-order chi connectivity index (χ0) is 14.5. The smallest absolute Gasteiger partial charge is 0.398 e. The molecule has 0 atom stereocenters. The van der Waals surface area contributed by atoms with Crippen LogP contribution in [0.3, 0.4) is 0 Å². The van der Waals surface area contributed by atoms with Gasteiger partial charge in [-0.25, -0.2) is 13.8 Å². The highest BCUT2D eigenvalue weighted by molar-refractivity contribution is 5.93. The van der Waals surface area contributed by atoms with E-state index in [9.17, 15) is 22.0 Å². The molecule has 2 rings (SSSR count). The number of hydrogen-bond acceptors (Lipinski definition) is 2. The molecule has 0 saturated carbocycles. The second kappa shape index (κ2) is 4.04. The molecule has 0 radical (unpaired) electrons. The molecule has 2 aromatic rings. The third kappa shape index (κ3) is 1.98. The van der Waals surface area contributed by atoms with Crippen LogP contribution in [0.25, 0.3) is 10.9 Å². The molecular weight excluding hydrogens is 267 g/mol. The Morgan fingerprint density at radius 2 is 1.74 bits per heavy atom. The number of aryl methyl sites for hydroxylation is 1. The topological polar surface area (TPSA) is 38.9 Å². The van der Waals surface area contributed by atoms with Crippen LogP contribution in [-0.4, -0.2) is 4.98 Å². The first kappa shape index (κ1) is 13.5. The fraction of sp³-hybridized carbons (Fsp3) is 0.250. The summed E-state index contributed by atoms with van der Waals surface area (Å²) in [4.78, 5) is 3.19. The quantitative estimate of drug-likeness (QED) is 0.744. The maximum atomic E-state index is 13.9. The lowest BCUT2D eigenvalue weighted by molar-refractivity contribution is -0.141. The Kier molecular flexibility index (Phi) is 2.87. The zero-order valence-corrected chi connectivity index (χ0v) is 9.99. The Labute approximate surface area is 105 Å². The molecule has 0 aliphatic rings. The number of aromatic nitrogens is 1. The van der Waals surface area contributed by atoms with Gasteiger partial charge in [-0.2, -0.15) is 13.2 Å². The van der Waals surface area contributed by atoms with Gasteiger partial charge in [-0.3, -0.25) is 0 Å². The highest BCUT2D eigenvalue weighted by Crippen LogP contribution is 2.37. The van der Waals surface area contributed by atoms with Crippen LogP contribution in [0.4, 0.5) is 27.6 Å². The van der Waals surface area contributed by atoms with Crippen LogP contribution >= 0.6 is 0 Å². The summed E-state index contributed by atoms with van der Waals surface area (Å²) in [7, 11) is 0. The number of anilines is 1. The van der Waals surface area contributed by atoms with Crippen LogP contribution in [0.2, 0.25) is 0 Å². The molecule has 0 spiro atoms. The van der Waals surface area contributed by atoms with Gasteiger partial charge in [-0.15, -0.1) is 0 Å². The molecule has 0 unspecified atom stereocenters. The van der Waals surface area contributed by atoms with Crippen molar-refractivity contribution in [1.82, 2.24) is 4.98 Å². The molecule has 0 aliphatic carbocycles. The lowest BCUT2D eigenvalue weighted by atomic mass is 10.0. The average Bonchev–Trinajstić information content (AvgIpc) is 2.28. The van der Waals surface area contributed by atoms with Crippen molar-refractivity contribution in [2.75, 3.05) is 5.73 Å². The minimum absolute atomic E-state index is 0.0438. The lowest BCUT2D eigenvalue weighted by Crippen LogP contribution is -2.13. The van der Waals surface area contributed by atoms with Crippen LogP contribution in [0.5, 0.6) is 0 Å². The van der Waals surface area contributed by atoms with Gasteiger partial charge in [-0.05, 0) is 25.5 Å². The van der Waals surface area contributed by atoms with Crippen molar-refractivity contribution >= 4 is 16.6 Å². The van der Waals surface area contributed by atoms with Crippen LogP contribution in [-0.2, 0) is 6.18 Å². The summed E-state index contributed by atoms with van der Waals surface area (Å²) in [6.07, 6.45) is -4.78. The Morgan fingerprint density at radius 1 is 1.16 bits per heavy atom. The molecule has 1 heterocycles. The fourth-order valence-corrected chi connectivity index (χ4v) is 1.88. The third-order valence-corrected chi connectivity index (χ3v) is 2.89. The summed E-state index contributed by atoms with van der Waals surface area (Å²) in [5.74, 6) is -1.90. The number of nitrogens with two attached hydrogens (primary N) is 1. The highest BCUT2D eigenvalue weighted by atomic mass is 19.4. The van der Waals surface area contributed by atoms with Gasteiger partial charge in [0.25, 0.3) is 0 Å². The Morgan fingerprint density at radius 3 is 2.26 bits per heavy atom. The molecule has 0 aliphatic heterocycles. The second-order valence-electron chi connectivity index (χ2n) is 4.21. The van der Waals surface area contributed by atoms with Crippen molar-refractivity contribution in [3.8, 4) is 0 Å². The summed E-state index contributed by atoms with van der Waals surface area (Å²) in [6, 6.07) is 0.791. The van der Waals surface area contributed by atoms with Crippen molar-refractivity contribution < 1.29 is 22.0 Å². The van der Waals surface area contributed by atoms with Crippen LogP contribution in [0.15, 0.2) is 6.07 Å². The number of nitrogen functional groups attached to an aromatic ring is 1. The molecule has 102 valence electrons. The van der Waals surface area contributed by atoms with Crippen molar-refractivity contribution in [2.45, 2.75) is 20.0 Å². The van der Waals surface area contributed by atoms with E-state index in [0.29, 0.717) is 0 Å². The number of benzene rings is 1. The van der Waals surface area contributed by atoms with Crippen molar-refractivity contribution in [2.24, 2.45) is 0 Å². The molecule has 19 heavy (non-hydrogen) atoms. The van der Waals surface area contributed by atoms with E-state index in [1.807, 2.05) is 0 Å². The van der Waals surface area contributed by atoms with E-state index in [0.717, 1.165) is 13.0 Å². The minimum atomic E-state index is -4.78. The van der Waals surface area contributed by atoms with E-state index in [4.69, 9.17) is 5.73 Å². The van der Waals surface area contributed by atoms with E-state index in [1.54, 1.807) is 0 Å². The Bertz CT molecular complexity index is 676. The van der Waals surface area contributed by atoms with Gasteiger partial charge in [0.15, 0.2) is 0 Å². The monoisotopic (exact) mass is 276 g/mol. The van der Waals surface area contributed by atoms with Gasteiger partial charge in [0.05, 0.1) is 5.39 Å². The normalized spacial score (nSPS) is 12.2. The number of halogens is 5. The first-order valence-corrected chi connectivity index (χ1v) is 5.26. The summed E-state index contributed by atoms with van der Waals surface area (Å²) < 4.78 is 65.7. The van der Waals surface area contributed by atoms with Gasteiger partial charge in [-0.1, -0.05) is 0 Å². The van der Waals surface area contributed by atoms with E-state index in [2.05, 4.69) is 4.98 Å². The summed E-state index contributed by atoms with van der Waals surface area (Å²) >= 11 is 0. The SMILES string of the molecule is Cc1cc(F)c2nc(C(F)(F)F)c(C)c(N)c2c1F. The molecular formula is C12H9F5N2. The second-order valence-corrected chi connectivity index (χ2v) is 4.21. The molecule has 0 bridgehead atoms. The van der Waals surface area contributed by atoms with Crippen molar-refractivity contribution in [3.63, 3.8) is 0 Å². The van der Waals surface area contributed by atoms with Gasteiger partial charge in [0, 0.05) is 11.3 Å². The van der Waals surface area contributed by atoms with Crippen LogP contribution in [0.1, 0.15) is 16.8 Å². The number of alkyl halides is 3. The van der Waals surface area contributed by atoms with E-state index >= 15 is 0 Å². The highest BCUT2D eigenvalue weighted by Gasteiger charge is 2.36. The summed E-state index contributed by atoms with van der Waals surface area (Å²) in [5, 5.41) is -0.414. The number of pyridine rings is 1. The Hall–Kier alpha value is -1.92. The predicted molar refractivity (Wildman–Crippen MR) is 60.5 cm³/mol. The van der Waals surface area contributed by atoms with Crippen LogP contribution in [0, 0.1) is 25.5 Å². The summed E-state index contributed by atoms with van der Waals surface area (Å²) in [6.45, 7) is 2.37. The molecule has 2 N–H and O–H groups in total. The standard InChI is InChI=1S/C12H9F5N2/c1-4-3-6(13)10-7(8(4)14)9(18)5(2)11(19-10)12(15,16)17/h3H,1-2H3,(H2,18,19). The fourth-order valence-electron chi connectivity index (χ4n) is 1.88. The zero-order valence-electron chi connectivity index (χ0n) is 9.99. The number of rotatable bonds is 0. The van der Waals surface area contributed by atoms with Crippen LogP contribution < -0.4 is 5.73 Å². The first-order valence-electron chi connectivity index (χ1n) is 5.26. The number of hydrogen-bond donors (Lipinski definition) is 1. The molecule has 1 aromatic heterocycles. The van der Waals surface area contributed by atoms with Gasteiger partial charge >= 0.3 is 6.18 Å². The molecule has 2 nitrogen and oxygen atoms in total. The van der Waals surface area contributed by atoms with Gasteiger partial charge in [0.2, 0.25) is 0 Å². The largest absolute Gasteiger partial charge is 0.433 e. The van der Waals surface area contributed by atoms with Gasteiger partial charge in [0.1, 0.15) is 22.8 Å².